The van der Waals surface area contributed by atoms with Gasteiger partial charge in [-0.2, -0.15) is 13.2 Å². The third-order valence-corrected chi connectivity index (χ3v) is 8.18. The second kappa shape index (κ2) is 11.9. The molecule has 2 amide bonds. The van der Waals surface area contributed by atoms with Gasteiger partial charge in [0.05, 0.1) is 4.88 Å². The molecule has 0 saturated heterocycles. The van der Waals surface area contributed by atoms with Crippen LogP contribution < -0.4 is 10.6 Å². The number of carbonyl (C=O) groups is 2. The van der Waals surface area contributed by atoms with Crippen LogP contribution in [0.25, 0.3) is 10.4 Å². The molecule has 2 heterocycles. The maximum Gasteiger partial charge on any atom is 0.433 e. The first kappa shape index (κ1) is 29.4. The van der Waals surface area contributed by atoms with Crippen LogP contribution in [-0.4, -0.2) is 56.9 Å². The lowest BCUT2D eigenvalue weighted by Gasteiger charge is -2.34. The first-order valence-corrected chi connectivity index (χ1v) is 13.6. The summed E-state index contributed by atoms with van der Waals surface area (Å²) in [7, 11) is 1.68. The Morgan fingerprint density at radius 3 is 2.60 bits per heavy atom. The Hall–Kier alpha value is -3.58. The Bertz CT molecular complexity index is 1370. The quantitative estimate of drug-likeness (QED) is 0.357. The van der Waals surface area contributed by atoms with Crippen LogP contribution in [0.3, 0.4) is 0 Å². The summed E-state index contributed by atoms with van der Waals surface area (Å²) in [5.41, 5.74) is -0.0206. The minimum atomic E-state index is -4.58. The molecule has 3 aromatic rings. The van der Waals surface area contributed by atoms with Crippen molar-refractivity contribution in [1.29, 1.82) is 0 Å². The minimum absolute atomic E-state index is 0.0670. The first-order chi connectivity index (χ1) is 18.8. The second-order valence-electron chi connectivity index (χ2n) is 10.0. The molecule has 4 rings (SSSR count). The van der Waals surface area contributed by atoms with Gasteiger partial charge in [0.15, 0.2) is 0 Å². The number of nitrogens with one attached hydrogen (secondary N) is 2. The molecule has 0 bridgehead atoms. The molecule has 0 spiro atoms. The van der Waals surface area contributed by atoms with E-state index in [-0.39, 0.29) is 23.7 Å². The molecule has 1 fully saturated rings. The predicted molar refractivity (Wildman–Crippen MR) is 145 cm³/mol. The van der Waals surface area contributed by atoms with Crippen molar-refractivity contribution in [2.24, 2.45) is 5.92 Å². The lowest BCUT2D eigenvalue weighted by Crippen LogP contribution is -2.41. The number of anilines is 2. The van der Waals surface area contributed by atoms with Crippen LogP contribution in [0.5, 0.6) is 0 Å². The monoisotopic (exact) mass is 576 g/mol. The van der Waals surface area contributed by atoms with Gasteiger partial charge in [-0.15, -0.1) is 11.3 Å². The molecule has 9 nitrogen and oxygen atoms in total. The molecule has 0 atom stereocenters. The van der Waals surface area contributed by atoms with E-state index in [9.17, 15) is 27.9 Å². The SMILES string of the molecule is CC(=O)N(C)CCNC(=O)C1CCC(O)(c2ncc(-c3cc(C)cc(Nc4nccc(C(F)(F)F)n4)c3)s2)CC1. The van der Waals surface area contributed by atoms with E-state index in [0.29, 0.717) is 49.5 Å². The van der Waals surface area contributed by atoms with E-state index in [0.717, 1.165) is 28.3 Å². The number of halogens is 3. The molecule has 2 aromatic heterocycles. The first-order valence-electron chi connectivity index (χ1n) is 12.8. The van der Waals surface area contributed by atoms with Crippen LogP contribution in [0.1, 0.15) is 48.9 Å². The largest absolute Gasteiger partial charge is 0.433 e. The normalized spacial score (nSPS) is 19.2. The van der Waals surface area contributed by atoms with Crippen molar-refractivity contribution in [2.45, 2.75) is 51.3 Å². The van der Waals surface area contributed by atoms with E-state index in [1.807, 2.05) is 13.0 Å². The molecule has 1 saturated carbocycles. The highest BCUT2D eigenvalue weighted by molar-refractivity contribution is 7.15. The van der Waals surface area contributed by atoms with Crippen LogP contribution in [-0.2, 0) is 21.4 Å². The molecule has 0 radical (unpaired) electrons. The fourth-order valence-corrected chi connectivity index (χ4v) is 5.60. The molecule has 1 aromatic carbocycles. The molecule has 13 heteroatoms. The maximum absolute atomic E-state index is 13.0. The predicted octanol–water partition coefficient (Wildman–Crippen LogP) is 4.64. The molecule has 40 heavy (non-hydrogen) atoms. The third-order valence-electron chi connectivity index (χ3n) is 6.94. The Morgan fingerprint density at radius 2 is 1.93 bits per heavy atom. The van der Waals surface area contributed by atoms with Gasteiger partial charge in [-0.3, -0.25) is 9.59 Å². The summed E-state index contributed by atoms with van der Waals surface area (Å²) in [6.45, 7) is 4.14. The van der Waals surface area contributed by atoms with E-state index < -0.39 is 17.5 Å². The highest BCUT2D eigenvalue weighted by atomic mass is 32.1. The Morgan fingerprint density at radius 1 is 1.20 bits per heavy atom. The number of benzene rings is 1. The van der Waals surface area contributed by atoms with Gasteiger partial charge in [-0.1, -0.05) is 6.07 Å². The number of carbonyl (C=O) groups excluding carboxylic acids is 2. The third kappa shape index (κ3) is 7.13. The van der Waals surface area contributed by atoms with Gasteiger partial charge in [0.25, 0.3) is 0 Å². The molecule has 214 valence electrons. The van der Waals surface area contributed by atoms with E-state index in [2.05, 4.69) is 25.6 Å². The number of hydrogen-bond donors (Lipinski definition) is 3. The van der Waals surface area contributed by atoms with Crippen LogP contribution in [0.4, 0.5) is 24.8 Å². The van der Waals surface area contributed by atoms with Crippen molar-refractivity contribution in [2.75, 3.05) is 25.5 Å². The summed E-state index contributed by atoms with van der Waals surface area (Å²) in [6.07, 6.45) is -0.0622. The summed E-state index contributed by atoms with van der Waals surface area (Å²) >= 11 is 1.34. The standard InChI is InChI=1S/C27H31F3N6O3S/c1-16-12-19(14-20(13-16)34-25-32-9-6-22(35-25)27(28,29)30)21-15-33-24(40-21)26(39)7-4-18(5-8-26)23(38)31-10-11-36(3)17(2)37/h6,9,12-15,18,39H,4-5,7-8,10-11H2,1-3H3,(H,31,38)(H,32,34,35). The number of thiazole rings is 1. The highest BCUT2D eigenvalue weighted by Crippen LogP contribution is 2.43. The lowest BCUT2D eigenvalue weighted by atomic mass is 9.78. The van der Waals surface area contributed by atoms with Crippen LogP contribution >= 0.6 is 11.3 Å². The molecule has 0 unspecified atom stereocenters. The summed E-state index contributed by atoms with van der Waals surface area (Å²) in [5, 5.41) is 17.6. The second-order valence-corrected chi connectivity index (χ2v) is 11.1. The number of nitrogens with zero attached hydrogens (tertiary/aromatic N) is 4. The highest BCUT2D eigenvalue weighted by Gasteiger charge is 2.39. The number of aromatic nitrogens is 3. The fraction of sp³-hybridized carbons (Fsp3) is 0.444. The zero-order valence-corrected chi connectivity index (χ0v) is 23.2. The minimum Gasteiger partial charge on any atom is -0.383 e. The maximum atomic E-state index is 13.0. The number of aliphatic hydroxyl groups is 1. The number of amides is 2. The van der Waals surface area contributed by atoms with E-state index in [1.54, 1.807) is 25.4 Å². The number of hydrogen-bond acceptors (Lipinski definition) is 8. The lowest BCUT2D eigenvalue weighted by molar-refractivity contribution is -0.141. The molecule has 1 aliphatic rings. The summed E-state index contributed by atoms with van der Waals surface area (Å²) in [5.74, 6) is -0.533. The zero-order chi connectivity index (χ0) is 29.1. The fourth-order valence-electron chi connectivity index (χ4n) is 4.55. The molecular weight excluding hydrogens is 545 g/mol. The number of likely N-dealkylation sites (N-methyl/N-ethyl adjacent to an activating group) is 1. The molecule has 1 aliphatic carbocycles. The average molecular weight is 577 g/mol. The Kier molecular flexibility index (Phi) is 8.74. The molecule has 3 N–H and O–H groups in total. The van der Waals surface area contributed by atoms with Crippen LogP contribution in [0, 0.1) is 12.8 Å². The number of aryl methyl sites for hydroxylation is 1. The van der Waals surface area contributed by atoms with Gasteiger partial charge in [-0.05, 0) is 61.9 Å². The smallest absolute Gasteiger partial charge is 0.383 e. The van der Waals surface area contributed by atoms with Crippen molar-refractivity contribution < 1.29 is 27.9 Å². The number of rotatable bonds is 8. The molecular formula is C27H31F3N6O3S. The van der Waals surface area contributed by atoms with Gasteiger partial charge in [0.2, 0.25) is 17.8 Å². The Balaban J connectivity index is 1.41. The van der Waals surface area contributed by atoms with Gasteiger partial charge in [0.1, 0.15) is 16.3 Å². The van der Waals surface area contributed by atoms with Gasteiger partial charge < -0.3 is 20.6 Å². The van der Waals surface area contributed by atoms with Crippen molar-refractivity contribution in [1.82, 2.24) is 25.2 Å². The topological polar surface area (TPSA) is 120 Å². The molecule has 0 aliphatic heterocycles. The van der Waals surface area contributed by atoms with Crippen molar-refractivity contribution in [3.63, 3.8) is 0 Å². The van der Waals surface area contributed by atoms with Gasteiger partial charge >= 0.3 is 6.18 Å². The van der Waals surface area contributed by atoms with Crippen molar-refractivity contribution in [3.05, 3.63) is 52.9 Å². The summed E-state index contributed by atoms with van der Waals surface area (Å²) < 4.78 is 39.1. The Labute approximate surface area is 233 Å². The zero-order valence-electron chi connectivity index (χ0n) is 22.4. The van der Waals surface area contributed by atoms with E-state index in [1.165, 1.54) is 23.2 Å². The summed E-state index contributed by atoms with van der Waals surface area (Å²) in [4.78, 5) is 38.1. The van der Waals surface area contributed by atoms with Crippen LogP contribution in [0.2, 0.25) is 0 Å². The van der Waals surface area contributed by atoms with E-state index in [4.69, 9.17) is 0 Å². The van der Waals surface area contributed by atoms with Crippen molar-refractivity contribution in [3.8, 4) is 10.4 Å². The summed E-state index contributed by atoms with van der Waals surface area (Å²) in [6, 6.07) is 6.27. The van der Waals surface area contributed by atoms with Gasteiger partial charge in [0, 0.05) is 51.1 Å². The van der Waals surface area contributed by atoms with E-state index >= 15 is 0 Å². The van der Waals surface area contributed by atoms with Crippen molar-refractivity contribution >= 4 is 34.8 Å². The van der Waals surface area contributed by atoms with Crippen LogP contribution in [0.15, 0.2) is 36.7 Å². The van der Waals surface area contributed by atoms with Gasteiger partial charge in [-0.25, -0.2) is 15.0 Å². The average Bonchev–Trinajstić information content (AvgIpc) is 3.40. The number of alkyl halides is 3.